The molecule has 118 valence electrons. The molecule has 1 aliphatic carbocycles. The number of anilines is 2. The first-order valence-corrected chi connectivity index (χ1v) is 8.17. The molecule has 0 saturated heterocycles. The second-order valence-electron chi connectivity index (χ2n) is 5.44. The summed E-state index contributed by atoms with van der Waals surface area (Å²) in [4.78, 5) is 15.7. The van der Waals surface area contributed by atoms with Gasteiger partial charge in [0.05, 0.1) is 6.61 Å². The van der Waals surface area contributed by atoms with Crippen LogP contribution in [0.15, 0.2) is 0 Å². The minimum atomic E-state index is 0.433. The van der Waals surface area contributed by atoms with Gasteiger partial charge in [-0.2, -0.15) is 15.0 Å². The lowest BCUT2D eigenvalue weighted by atomic mass is 10.4. The number of rotatable bonds is 10. The van der Waals surface area contributed by atoms with Crippen LogP contribution < -0.4 is 15.0 Å². The number of aromatic nitrogens is 3. The Morgan fingerprint density at radius 1 is 1.10 bits per heavy atom. The predicted molar refractivity (Wildman–Crippen MR) is 85.1 cm³/mol. The van der Waals surface area contributed by atoms with E-state index in [2.05, 4.69) is 45.9 Å². The van der Waals surface area contributed by atoms with Gasteiger partial charge < -0.3 is 15.0 Å². The summed E-state index contributed by atoms with van der Waals surface area (Å²) in [6, 6.07) is 1.02. The zero-order chi connectivity index (χ0) is 15.1. The second kappa shape index (κ2) is 8.00. The van der Waals surface area contributed by atoms with Crippen molar-refractivity contribution in [2.24, 2.45) is 0 Å². The molecule has 6 heteroatoms. The van der Waals surface area contributed by atoms with Gasteiger partial charge in [0, 0.05) is 19.1 Å². The highest BCUT2D eigenvalue weighted by Crippen LogP contribution is 2.30. The van der Waals surface area contributed by atoms with E-state index < -0.39 is 0 Å². The lowest BCUT2D eigenvalue weighted by Crippen LogP contribution is -2.29. The molecule has 0 aromatic carbocycles. The molecule has 1 saturated carbocycles. The Balaban J connectivity index is 2.19. The highest BCUT2D eigenvalue weighted by Gasteiger charge is 2.31. The van der Waals surface area contributed by atoms with Gasteiger partial charge in [-0.3, -0.25) is 0 Å². The molecular weight excluding hydrogens is 266 g/mol. The van der Waals surface area contributed by atoms with Gasteiger partial charge in [0.25, 0.3) is 0 Å². The van der Waals surface area contributed by atoms with E-state index in [9.17, 15) is 0 Å². The topological polar surface area (TPSA) is 63.2 Å². The van der Waals surface area contributed by atoms with Gasteiger partial charge in [-0.05, 0) is 32.1 Å². The molecule has 1 N–H and O–H groups in total. The molecule has 0 radical (unpaired) electrons. The predicted octanol–water partition coefficient (Wildman–Crippen LogP) is 2.86. The Labute approximate surface area is 127 Å². The normalized spacial score (nSPS) is 14.0. The molecule has 1 fully saturated rings. The molecular formula is C15H27N5O. The maximum Gasteiger partial charge on any atom is 0.323 e. The van der Waals surface area contributed by atoms with Crippen molar-refractivity contribution in [2.75, 3.05) is 29.9 Å². The molecule has 1 aliphatic rings. The van der Waals surface area contributed by atoms with E-state index in [-0.39, 0.29) is 0 Å². The lowest BCUT2D eigenvalue weighted by molar-refractivity contribution is 0.291. The monoisotopic (exact) mass is 293 g/mol. The summed E-state index contributed by atoms with van der Waals surface area (Å²) in [7, 11) is 0. The third-order valence-corrected chi connectivity index (χ3v) is 3.28. The van der Waals surface area contributed by atoms with Crippen molar-refractivity contribution in [3.05, 3.63) is 0 Å². The van der Waals surface area contributed by atoms with Crippen molar-refractivity contribution < 1.29 is 4.74 Å². The van der Waals surface area contributed by atoms with E-state index in [4.69, 9.17) is 4.74 Å². The number of nitrogens with one attached hydrogen (secondary N) is 1. The van der Waals surface area contributed by atoms with Crippen LogP contribution in [-0.2, 0) is 0 Å². The van der Waals surface area contributed by atoms with E-state index in [0.29, 0.717) is 24.6 Å². The van der Waals surface area contributed by atoms with Gasteiger partial charge >= 0.3 is 6.01 Å². The van der Waals surface area contributed by atoms with Crippen LogP contribution in [0.1, 0.15) is 52.9 Å². The number of ether oxygens (including phenoxy) is 1. The van der Waals surface area contributed by atoms with Crippen molar-refractivity contribution in [1.29, 1.82) is 0 Å². The van der Waals surface area contributed by atoms with Crippen molar-refractivity contribution >= 4 is 11.9 Å². The molecule has 1 heterocycles. The average molecular weight is 293 g/mol. The molecule has 0 bridgehead atoms. The Morgan fingerprint density at radius 2 is 1.90 bits per heavy atom. The standard InChI is InChI=1S/C15H27N5O/c1-4-9-16-13-17-14(19-15(18-13)21-11-6-3)20(10-5-2)12-7-8-12/h12H,4-11H2,1-3H3,(H,16,17,18,19). The largest absolute Gasteiger partial charge is 0.463 e. The molecule has 6 nitrogen and oxygen atoms in total. The summed E-state index contributed by atoms with van der Waals surface area (Å²) >= 11 is 0. The van der Waals surface area contributed by atoms with Gasteiger partial charge in [-0.1, -0.05) is 20.8 Å². The maximum atomic E-state index is 5.62. The van der Waals surface area contributed by atoms with Crippen LogP contribution in [-0.4, -0.2) is 40.7 Å². The van der Waals surface area contributed by atoms with Gasteiger partial charge in [-0.15, -0.1) is 0 Å². The fourth-order valence-corrected chi connectivity index (χ4v) is 2.12. The maximum absolute atomic E-state index is 5.62. The van der Waals surface area contributed by atoms with Crippen LogP contribution in [0.4, 0.5) is 11.9 Å². The van der Waals surface area contributed by atoms with Crippen LogP contribution in [0, 0.1) is 0 Å². The van der Waals surface area contributed by atoms with E-state index in [1.807, 2.05) is 0 Å². The van der Waals surface area contributed by atoms with Crippen molar-refractivity contribution in [3.63, 3.8) is 0 Å². The minimum Gasteiger partial charge on any atom is -0.463 e. The fraction of sp³-hybridized carbons (Fsp3) is 0.800. The van der Waals surface area contributed by atoms with E-state index in [1.165, 1.54) is 12.8 Å². The van der Waals surface area contributed by atoms with Gasteiger partial charge in [0.2, 0.25) is 11.9 Å². The SMILES string of the molecule is CCCNc1nc(OCCC)nc(N(CCC)C2CC2)n1. The van der Waals surface area contributed by atoms with E-state index in [0.717, 1.165) is 38.3 Å². The molecule has 21 heavy (non-hydrogen) atoms. The molecule has 1 aromatic heterocycles. The van der Waals surface area contributed by atoms with Crippen LogP contribution >= 0.6 is 0 Å². The first-order valence-electron chi connectivity index (χ1n) is 8.17. The van der Waals surface area contributed by atoms with Gasteiger partial charge in [0.1, 0.15) is 0 Å². The summed E-state index contributed by atoms with van der Waals surface area (Å²) in [5.74, 6) is 1.37. The first kappa shape index (κ1) is 15.8. The van der Waals surface area contributed by atoms with Crippen LogP contribution in [0.5, 0.6) is 6.01 Å². The lowest BCUT2D eigenvalue weighted by Gasteiger charge is -2.22. The smallest absolute Gasteiger partial charge is 0.323 e. The van der Waals surface area contributed by atoms with E-state index in [1.54, 1.807) is 0 Å². The summed E-state index contributed by atoms with van der Waals surface area (Å²) in [6.45, 7) is 8.85. The Hall–Kier alpha value is -1.59. The molecule has 0 amide bonds. The van der Waals surface area contributed by atoms with Gasteiger partial charge in [-0.25, -0.2) is 0 Å². The molecule has 0 atom stereocenters. The molecule has 2 rings (SSSR count). The van der Waals surface area contributed by atoms with Crippen LogP contribution in [0.25, 0.3) is 0 Å². The van der Waals surface area contributed by atoms with Crippen molar-refractivity contribution in [3.8, 4) is 6.01 Å². The average Bonchev–Trinajstić information content (AvgIpc) is 3.33. The molecule has 0 spiro atoms. The zero-order valence-electron chi connectivity index (χ0n) is 13.4. The first-order chi connectivity index (χ1) is 10.3. The fourth-order valence-electron chi connectivity index (χ4n) is 2.12. The quantitative estimate of drug-likeness (QED) is 0.715. The Morgan fingerprint density at radius 3 is 2.52 bits per heavy atom. The summed E-state index contributed by atoms with van der Waals surface area (Å²) in [6.07, 6.45) is 5.53. The molecule has 0 unspecified atom stereocenters. The number of hydrogen-bond acceptors (Lipinski definition) is 6. The Bertz CT molecular complexity index is 410. The van der Waals surface area contributed by atoms with Crippen LogP contribution in [0.2, 0.25) is 0 Å². The third-order valence-electron chi connectivity index (χ3n) is 3.28. The highest BCUT2D eigenvalue weighted by atomic mass is 16.5. The van der Waals surface area contributed by atoms with Crippen LogP contribution in [0.3, 0.4) is 0 Å². The molecule has 0 aliphatic heterocycles. The Kier molecular flexibility index (Phi) is 6.02. The molecule has 1 aromatic rings. The summed E-state index contributed by atoms with van der Waals surface area (Å²) in [5.41, 5.74) is 0. The highest BCUT2D eigenvalue weighted by molar-refractivity contribution is 5.40. The summed E-state index contributed by atoms with van der Waals surface area (Å²) < 4.78 is 5.62. The van der Waals surface area contributed by atoms with Crippen molar-refractivity contribution in [1.82, 2.24) is 15.0 Å². The second-order valence-corrected chi connectivity index (χ2v) is 5.44. The zero-order valence-corrected chi connectivity index (χ0v) is 13.4. The van der Waals surface area contributed by atoms with E-state index >= 15 is 0 Å². The third kappa shape index (κ3) is 4.72. The number of nitrogens with zero attached hydrogens (tertiary/aromatic N) is 4. The number of hydrogen-bond donors (Lipinski definition) is 1. The van der Waals surface area contributed by atoms with Gasteiger partial charge in [0.15, 0.2) is 0 Å². The van der Waals surface area contributed by atoms with Crippen molar-refractivity contribution in [2.45, 2.75) is 58.9 Å². The summed E-state index contributed by atoms with van der Waals surface area (Å²) in [5, 5.41) is 3.24. The minimum absolute atomic E-state index is 0.433.